The third kappa shape index (κ3) is 2.56. The van der Waals surface area contributed by atoms with E-state index in [-0.39, 0.29) is 17.8 Å². The van der Waals surface area contributed by atoms with Gasteiger partial charge in [0.15, 0.2) is 0 Å². The molecule has 0 amide bonds. The maximum Gasteiger partial charge on any atom is 0.332 e. The average molecular weight is 284 g/mol. The third-order valence-corrected chi connectivity index (χ3v) is 3.61. The Morgan fingerprint density at radius 3 is 2.70 bits per heavy atom. The minimum atomic E-state index is -0.446. The van der Waals surface area contributed by atoms with Crippen LogP contribution in [0.2, 0.25) is 0 Å². The molecule has 0 aliphatic carbocycles. The number of nitrogens with zero attached hydrogens (tertiary/aromatic N) is 2. The molecule has 2 heterocycles. The van der Waals surface area contributed by atoms with Crippen LogP contribution in [0.15, 0.2) is 15.8 Å². The summed E-state index contributed by atoms with van der Waals surface area (Å²) in [6.45, 7) is 2.07. The van der Waals surface area contributed by atoms with E-state index < -0.39 is 11.9 Å². The van der Waals surface area contributed by atoms with Crippen molar-refractivity contribution in [2.45, 2.75) is 31.8 Å². The molecule has 0 aromatic carbocycles. The Morgan fingerprint density at radius 1 is 1.40 bits per heavy atom. The van der Waals surface area contributed by atoms with E-state index in [0.717, 1.165) is 4.57 Å². The zero-order chi connectivity index (χ0) is 14.9. The zero-order valence-electron chi connectivity index (χ0n) is 12.2. The van der Waals surface area contributed by atoms with Crippen molar-refractivity contribution >= 4 is 0 Å². The lowest BCUT2D eigenvalue weighted by molar-refractivity contribution is -0.0621. The summed E-state index contributed by atoms with van der Waals surface area (Å²) in [6, 6.07) is 0. The second-order valence-electron chi connectivity index (χ2n) is 4.96. The minimum Gasteiger partial charge on any atom is -0.382 e. The van der Waals surface area contributed by atoms with Gasteiger partial charge in [-0.1, -0.05) is 0 Å². The summed E-state index contributed by atoms with van der Waals surface area (Å²) in [5.74, 6) is 0. The topological polar surface area (TPSA) is 71.7 Å². The Balaban J connectivity index is 2.34. The van der Waals surface area contributed by atoms with Crippen LogP contribution in [0, 0.1) is 6.92 Å². The fourth-order valence-electron chi connectivity index (χ4n) is 2.48. The van der Waals surface area contributed by atoms with E-state index in [0.29, 0.717) is 18.6 Å². The van der Waals surface area contributed by atoms with E-state index in [1.54, 1.807) is 21.1 Å². The first-order valence-corrected chi connectivity index (χ1v) is 6.45. The lowest BCUT2D eigenvalue weighted by atomic mass is 10.2. The molecular formula is C13H20N2O5. The molecule has 0 saturated carbocycles. The average Bonchev–Trinajstić information content (AvgIpc) is 2.84. The quantitative estimate of drug-likeness (QED) is 0.766. The zero-order valence-corrected chi connectivity index (χ0v) is 12.2. The molecule has 0 N–H and O–H groups in total. The largest absolute Gasteiger partial charge is 0.382 e. The van der Waals surface area contributed by atoms with Gasteiger partial charge in [0.25, 0.3) is 5.56 Å². The van der Waals surface area contributed by atoms with Gasteiger partial charge in [-0.05, 0) is 6.92 Å². The number of hydrogen-bond donors (Lipinski definition) is 0. The van der Waals surface area contributed by atoms with E-state index in [9.17, 15) is 9.59 Å². The van der Waals surface area contributed by atoms with Gasteiger partial charge < -0.3 is 14.2 Å². The SMILES string of the molecule is COC[C@@H]1O[C@H](n2cc(C)c(=O)n(C)c2=O)C[C@@H]1OC. The molecule has 7 heteroatoms. The lowest BCUT2D eigenvalue weighted by Crippen LogP contribution is -2.40. The minimum absolute atomic E-state index is 0.135. The highest BCUT2D eigenvalue weighted by Gasteiger charge is 2.37. The van der Waals surface area contributed by atoms with Crippen molar-refractivity contribution in [2.24, 2.45) is 7.05 Å². The second-order valence-corrected chi connectivity index (χ2v) is 4.96. The predicted octanol–water partition coefficient (Wildman–Crippen LogP) is -0.196. The van der Waals surface area contributed by atoms with Crippen molar-refractivity contribution in [3.05, 3.63) is 32.6 Å². The molecular weight excluding hydrogens is 264 g/mol. The highest BCUT2D eigenvalue weighted by molar-refractivity contribution is 5.03. The summed E-state index contributed by atoms with van der Waals surface area (Å²) in [7, 11) is 4.66. The fraction of sp³-hybridized carbons (Fsp3) is 0.692. The molecule has 0 bridgehead atoms. The van der Waals surface area contributed by atoms with Crippen LogP contribution in [0.3, 0.4) is 0 Å². The van der Waals surface area contributed by atoms with Gasteiger partial charge in [-0.2, -0.15) is 0 Å². The maximum atomic E-state index is 12.2. The number of hydrogen-bond acceptors (Lipinski definition) is 5. The monoisotopic (exact) mass is 284 g/mol. The molecule has 0 spiro atoms. The van der Waals surface area contributed by atoms with E-state index in [1.807, 2.05) is 0 Å². The van der Waals surface area contributed by atoms with Crippen LogP contribution in [0.5, 0.6) is 0 Å². The summed E-state index contributed by atoms with van der Waals surface area (Å²) >= 11 is 0. The third-order valence-electron chi connectivity index (χ3n) is 3.61. The van der Waals surface area contributed by atoms with Gasteiger partial charge in [-0.15, -0.1) is 0 Å². The summed E-state index contributed by atoms with van der Waals surface area (Å²) in [5.41, 5.74) is -0.181. The number of ether oxygens (including phenoxy) is 3. The second kappa shape index (κ2) is 5.90. The molecule has 1 aromatic heterocycles. The number of methoxy groups -OCH3 is 2. The van der Waals surface area contributed by atoms with Gasteiger partial charge in [0.2, 0.25) is 0 Å². The molecule has 20 heavy (non-hydrogen) atoms. The van der Waals surface area contributed by atoms with Gasteiger partial charge in [-0.25, -0.2) is 4.79 Å². The van der Waals surface area contributed by atoms with E-state index in [4.69, 9.17) is 14.2 Å². The van der Waals surface area contributed by atoms with Gasteiger partial charge in [0.1, 0.15) is 12.3 Å². The van der Waals surface area contributed by atoms with Crippen LogP contribution in [-0.4, -0.2) is 42.2 Å². The highest BCUT2D eigenvalue weighted by atomic mass is 16.6. The van der Waals surface area contributed by atoms with Gasteiger partial charge in [0.05, 0.1) is 12.7 Å². The molecule has 0 radical (unpaired) electrons. The highest BCUT2D eigenvalue weighted by Crippen LogP contribution is 2.29. The first-order chi connectivity index (χ1) is 9.49. The van der Waals surface area contributed by atoms with Crippen molar-refractivity contribution in [3.8, 4) is 0 Å². The maximum absolute atomic E-state index is 12.2. The molecule has 2 rings (SSSR count). The predicted molar refractivity (Wildman–Crippen MR) is 71.9 cm³/mol. The Hall–Kier alpha value is -1.44. The van der Waals surface area contributed by atoms with Crippen LogP contribution in [0.4, 0.5) is 0 Å². The van der Waals surface area contributed by atoms with Crippen molar-refractivity contribution in [3.63, 3.8) is 0 Å². The lowest BCUT2D eigenvalue weighted by Gasteiger charge is -2.17. The Bertz CT molecular complexity index is 591. The van der Waals surface area contributed by atoms with Crippen molar-refractivity contribution in [1.82, 2.24) is 9.13 Å². The molecule has 7 nitrogen and oxygen atoms in total. The first-order valence-electron chi connectivity index (χ1n) is 6.45. The molecule has 0 unspecified atom stereocenters. The molecule has 1 aliphatic rings. The van der Waals surface area contributed by atoms with Gasteiger partial charge in [0, 0.05) is 39.4 Å². The van der Waals surface area contributed by atoms with Crippen LogP contribution in [0.1, 0.15) is 18.2 Å². The normalized spacial score (nSPS) is 26.1. The summed E-state index contributed by atoms with van der Waals surface area (Å²) in [5, 5.41) is 0. The van der Waals surface area contributed by atoms with Crippen LogP contribution < -0.4 is 11.2 Å². The van der Waals surface area contributed by atoms with E-state index >= 15 is 0 Å². The number of rotatable bonds is 4. The Morgan fingerprint density at radius 2 is 2.10 bits per heavy atom. The molecule has 1 saturated heterocycles. The summed E-state index contributed by atoms with van der Waals surface area (Å²) < 4.78 is 18.8. The fourth-order valence-corrected chi connectivity index (χ4v) is 2.48. The number of aromatic nitrogens is 2. The number of aryl methyl sites for hydroxylation is 1. The van der Waals surface area contributed by atoms with Crippen molar-refractivity contribution in [1.29, 1.82) is 0 Å². The Kier molecular flexibility index (Phi) is 4.42. The summed E-state index contributed by atoms with van der Waals surface area (Å²) in [4.78, 5) is 23.9. The van der Waals surface area contributed by atoms with Gasteiger partial charge >= 0.3 is 5.69 Å². The molecule has 1 aromatic rings. The molecule has 1 aliphatic heterocycles. The molecule has 1 fully saturated rings. The van der Waals surface area contributed by atoms with E-state index in [2.05, 4.69) is 0 Å². The van der Waals surface area contributed by atoms with Crippen LogP contribution in [-0.2, 0) is 21.3 Å². The van der Waals surface area contributed by atoms with Crippen LogP contribution in [0.25, 0.3) is 0 Å². The molecule has 3 atom stereocenters. The standard InChI is InChI=1S/C13H20N2O5/c1-8-6-15(13(17)14(2)12(8)16)11-5-9(19-4)10(20-11)7-18-3/h6,9-11H,5,7H2,1-4H3/t9-,10-,11-/m0/s1. The Labute approximate surface area is 116 Å². The summed E-state index contributed by atoms with van der Waals surface area (Å²) in [6.07, 6.45) is 1.28. The van der Waals surface area contributed by atoms with Crippen molar-refractivity contribution < 1.29 is 14.2 Å². The van der Waals surface area contributed by atoms with E-state index in [1.165, 1.54) is 17.8 Å². The van der Waals surface area contributed by atoms with Gasteiger partial charge in [-0.3, -0.25) is 13.9 Å². The first kappa shape index (κ1) is 15.0. The smallest absolute Gasteiger partial charge is 0.332 e. The molecule has 112 valence electrons. The van der Waals surface area contributed by atoms with Crippen LogP contribution >= 0.6 is 0 Å². The van der Waals surface area contributed by atoms with Crippen molar-refractivity contribution in [2.75, 3.05) is 20.8 Å².